The van der Waals surface area contributed by atoms with Crippen LogP contribution in [0.15, 0.2) is 27.5 Å². The number of hydrogen-bond acceptors (Lipinski definition) is 3. The average molecular weight is 207 g/mol. The van der Waals surface area contributed by atoms with Crippen LogP contribution in [0.25, 0.3) is 11.0 Å². The quantitative estimate of drug-likeness (QED) is 0.782. The molecular weight excluding hydrogens is 194 g/mol. The molecule has 1 aromatic heterocycles. The fourth-order valence-electron chi connectivity index (χ4n) is 1.36. The van der Waals surface area contributed by atoms with E-state index in [-0.39, 0.29) is 5.56 Å². The summed E-state index contributed by atoms with van der Waals surface area (Å²) < 4.78 is 10.4. The van der Waals surface area contributed by atoms with E-state index in [0.717, 1.165) is 12.8 Å². The molecule has 0 aliphatic rings. The van der Waals surface area contributed by atoms with Gasteiger partial charge in [-0.1, -0.05) is 13.3 Å². The number of fused-ring (bicyclic) bond motifs is 1. The first kappa shape index (κ1) is 9.83. The van der Waals surface area contributed by atoms with Crippen molar-refractivity contribution in [3.8, 4) is 5.75 Å². The van der Waals surface area contributed by atoms with Gasteiger partial charge in [-0.3, -0.25) is 4.79 Å². The maximum absolute atomic E-state index is 11.3. The molecule has 0 spiro atoms. The maximum Gasteiger partial charge on any atom is 0.287 e. The van der Waals surface area contributed by atoms with E-state index in [4.69, 9.17) is 9.26 Å². The summed E-state index contributed by atoms with van der Waals surface area (Å²) in [5, 5.41) is 2.82. The Kier molecular flexibility index (Phi) is 2.76. The van der Waals surface area contributed by atoms with Crippen LogP contribution in [0, 0.1) is 0 Å². The van der Waals surface area contributed by atoms with Crippen LogP contribution in [0.1, 0.15) is 19.8 Å². The first-order valence-corrected chi connectivity index (χ1v) is 5.05. The molecule has 4 heteroatoms. The first-order valence-electron chi connectivity index (χ1n) is 5.05. The van der Waals surface area contributed by atoms with E-state index in [1.54, 1.807) is 18.2 Å². The molecule has 1 aromatic carbocycles. The minimum absolute atomic E-state index is 0.217. The molecule has 0 saturated heterocycles. The number of aromatic amines is 1. The van der Waals surface area contributed by atoms with Crippen molar-refractivity contribution in [3.63, 3.8) is 0 Å². The van der Waals surface area contributed by atoms with E-state index in [1.165, 1.54) is 0 Å². The van der Waals surface area contributed by atoms with E-state index >= 15 is 0 Å². The molecule has 0 aliphatic heterocycles. The zero-order chi connectivity index (χ0) is 10.7. The number of rotatable bonds is 4. The summed E-state index contributed by atoms with van der Waals surface area (Å²) in [5.74, 6) is 0.711. The zero-order valence-corrected chi connectivity index (χ0v) is 8.58. The van der Waals surface area contributed by atoms with Gasteiger partial charge in [-0.05, 0) is 24.6 Å². The molecule has 1 N–H and O–H groups in total. The molecule has 2 rings (SSSR count). The number of ether oxygens (including phenoxy) is 1. The van der Waals surface area contributed by atoms with Gasteiger partial charge in [-0.15, -0.1) is 0 Å². The summed E-state index contributed by atoms with van der Waals surface area (Å²) in [6.07, 6.45) is 2.11. The summed E-state index contributed by atoms with van der Waals surface area (Å²) in [7, 11) is 0. The molecule has 1 heterocycles. The van der Waals surface area contributed by atoms with Gasteiger partial charge in [0.2, 0.25) is 0 Å². The Hall–Kier alpha value is -1.71. The van der Waals surface area contributed by atoms with Crippen molar-refractivity contribution in [2.45, 2.75) is 19.8 Å². The highest BCUT2D eigenvalue weighted by molar-refractivity contribution is 5.77. The molecule has 0 fully saturated rings. The van der Waals surface area contributed by atoms with Gasteiger partial charge in [0.1, 0.15) is 5.75 Å². The predicted molar refractivity (Wildman–Crippen MR) is 57.2 cm³/mol. The third-order valence-electron chi connectivity index (χ3n) is 2.22. The second-order valence-electron chi connectivity index (χ2n) is 3.39. The lowest BCUT2D eigenvalue weighted by Gasteiger charge is -2.03. The van der Waals surface area contributed by atoms with E-state index in [9.17, 15) is 4.79 Å². The molecule has 0 aliphatic carbocycles. The number of aromatic nitrogens is 1. The normalized spacial score (nSPS) is 10.7. The summed E-state index contributed by atoms with van der Waals surface area (Å²) in [4.78, 5) is 11.3. The second kappa shape index (κ2) is 4.21. The van der Waals surface area contributed by atoms with Crippen molar-refractivity contribution in [2.75, 3.05) is 6.61 Å². The fraction of sp³-hybridized carbons (Fsp3) is 0.364. The lowest BCUT2D eigenvalue weighted by Crippen LogP contribution is -1.99. The Morgan fingerprint density at radius 2 is 2.33 bits per heavy atom. The number of nitrogens with one attached hydrogen (secondary N) is 1. The average Bonchev–Trinajstić information content (AvgIpc) is 2.61. The monoisotopic (exact) mass is 207 g/mol. The van der Waals surface area contributed by atoms with Gasteiger partial charge in [0.25, 0.3) is 5.56 Å². The molecular formula is C11H13NO3. The SMILES string of the molecule is CCCCOc1ccc2o[nH]c(=O)c2c1. The topological polar surface area (TPSA) is 55.2 Å². The van der Waals surface area contributed by atoms with Gasteiger partial charge in [-0.25, -0.2) is 0 Å². The van der Waals surface area contributed by atoms with Crippen molar-refractivity contribution < 1.29 is 9.26 Å². The van der Waals surface area contributed by atoms with Crippen molar-refractivity contribution in [3.05, 3.63) is 28.6 Å². The summed E-state index contributed by atoms with van der Waals surface area (Å²) in [6, 6.07) is 5.23. The Bertz CT molecular complexity index is 498. The van der Waals surface area contributed by atoms with Crippen LogP contribution in [0.4, 0.5) is 0 Å². The van der Waals surface area contributed by atoms with Crippen LogP contribution in [0.5, 0.6) is 5.75 Å². The largest absolute Gasteiger partial charge is 0.494 e. The van der Waals surface area contributed by atoms with Crippen molar-refractivity contribution in [1.82, 2.24) is 5.16 Å². The first-order chi connectivity index (χ1) is 7.31. The Morgan fingerprint density at radius 1 is 1.47 bits per heavy atom. The molecule has 4 nitrogen and oxygen atoms in total. The molecule has 0 bridgehead atoms. The van der Waals surface area contributed by atoms with Gasteiger partial charge < -0.3 is 9.26 Å². The molecule has 15 heavy (non-hydrogen) atoms. The van der Waals surface area contributed by atoms with Gasteiger partial charge >= 0.3 is 0 Å². The van der Waals surface area contributed by atoms with Crippen LogP contribution in [-0.2, 0) is 0 Å². The second-order valence-corrected chi connectivity index (χ2v) is 3.39. The highest BCUT2D eigenvalue weighted by Crippen LogP contribution is 2.17. The lowest BCUT2D eigenvalue weighted by molar-refractivity contribution is 0.309. The molecule has 0 unspecified atom stereocenters. The lowest BCUT2D eigenvalue weighted by atomic mass is 10.2. The number of unbranched alkanes of at least 4 members (excludes halogenated alkanes) is 1. The third kappa shape index (κ3) is 2.03. The van der Waals surface area contributed by atoms with Gasteiger partial charge in [-0.2, -0.15) is 5.16 Å². The Balaban J connectivity index is 2.22. The van der Waals surface area contributed by atoms with Gasteiger partial charge in [0, 0.05) is 0 Å². The molecule has 2 aromatic rings. The minimum atomic E-state index is -0.217. The van der Waals surface area contributed by atoms with Crippen LogP contribution in [0.3, 0.4) is 0 Å². The van der Waals surface area contributed by atoms with Crippen molar-refractivity contribution in [2.24, 2.45) is 0 Å². The molecule has 80 valence electrons. The summed E-state index contributed by atoms with van der Waals surface area (Å²) in [6.45, 7) is 2.78. The van der Waals surface area contributed by atoms with E-state index in [2.05, 4.69) is 12.1 Å². The number of H-pyrrole nitrogens is 1. The zero-order valence-electron chi connectivity index (χ0n) is 8.58. The summed E-state index contributed by atoms with van der Waals surface area (Å²) in [5.41, 5.74) is 0.341. The van der Waals surface area contributed by atoms with Crippen LogP contribution < -0.4 is 10.3 Å². The predicted octanol–water partition coefficient (Wildman–Crippen LogP) is 2.30. The molecule has 0 radical (unpaired) electrons. The van der Waals surface area contributed by atoms with E-state index in [1.807, 2.05) is 0 Å². The molecule has 0 saturated carbocycles. The van der Waals surface area contributed by atoms with E-state index < -0.39 is 0 Å². The maximum atomic E-state index is 11.3. The fourth-order valence-corrected chi connectivity index (χ4v) is 1.36. The van der Waals surface area contributed by atoms with Crippen LogP contribution in [-0.4, -0.2) is 11.8 Å². The molecule has 0 amide bonds. The van der Waals surface area contributed by atoms with Crippen molar-refractivity contribution in [1.29, 1.82) is 0 Å². The Labute approximate surface area is 86.8 Å². The number of hydrogen-bond donors (Lipinski definition) is 1. The van der Waals surface area contributed by atoms with Crippen LogP contribution >= 0.6 is 0 Å². The van der Waals surface area contributed by atoms with Gasteiger partial charge in [0.05, 0.1) is 12.0 Å². The highest BCUT2D eigenvalue weighted by atomic mass is 16.5. The highest BCUT2D eigenvalue weighted by Gasteiger charge is 2.04. The minimum Gasteiger partial charge on any atom is -0.494 e. The summed E-state index contributed by atoms with van der Waals surface area (Å²) >= 11 is 0. The van der Waals surface area contributed by atoms with Crippen LogP contribution in [0.2, 0.25) is 0 Å². The van der Waals surface area contributed by atoms with E-state index in [0.29, 0.717) is 23.3 Å². The molecule has 0 atom stereocenters. The Morgan fingerprint density at radius 3 is 3.13 bits per heavy atom. The van der Waals surface area contributed by atoms with Crippen molar-refractivity contribution >= 4 is 11.0 Å². The number of benzene rings is 1. The van der Waals surface area contributed by atoms with Gasteiger partial charge in [0.15, 0.2) is 5.58 Å². The third-order valence-corrected chi connectivity index (χ3v) is 2.22. The smallest absolute Gasteiger partial charge is 0.287 e. The standard InChI is InChI=1S/C11H13NO3/c1-2-3-6-14-8-4-5-10-9(7-8)11(13)12-15-10/h4-5,7H,2-3,6H2,1H3,(H,12,13).